The molecular formula is C31H43N7O9. The number of aliphatic carboxylic acids is 1. The summed E-state index contributed by atoms with van der Waals surface area (Å²) in [5.74, 6) is -5.21. The molecule has 1 fully saturated rings. The van der Waals surface area contributed by atoms with Crippen molar-refractivity contribution in [2.45, 2.75) is 55.3 Å². The lowest BCUT2D eigenvalue weighted by Crippen LogP contribution is -2.74. The molecular weight excluding hydrogens is 614 g/mol. The third-order valence-corrected chi connectivity index (χ3v) is 10.1. The van der Waals surface area contributed by atoms with Crippen LogP contribution in [0.25, 0.3) is 0 Å². The van der Waals surface area contributed by atoms with Crippen molar-refractivity contribution in [1.29, 1.82) is 0 Å². The van der Waals surface area contributed by atoms with E-state index in [0.29, 0.717) is 24.3 Å². The molecule has 16 heteroatoms. The van der Waals surface area contributed by atoms with Gasteiger partial charge in [0.25, 0.3) is 0 Å². The number of aliphatic hydroxyl groups is 1. The van der Waals surface area contributed by atoms with Gasteiger partial charge in [0.05, 0.1) is 24.0 Å². The number of likely N-dealkylation sites (N-methyl/N-ethyl adjacent to an activating group) is 2. The van der Waals surface area contributed by atoms with Crippen LogP contribution in [0.1, 0.15) is 36.8 Å². The third kappa shape index (κ3) is 5.69. The number of carboxylic acids is 1. The summed E-state index contributed by atoms with van der Waals surface area (Å²) in [6, 6.07) is 3.72. The van der Waals surface area contributed by atoms with Crippen molar-refractivity contribution in [2.24, 2.45) is 34.0 Å². The standard InChI is InChI=1S/C31H43N7O9/c1-37-13-10-30-22-16-6-7-18(45-3)23(22)47-24(30)19(8-9-31(30,44)20(37)15-16)46-29(43)38(2)14-12-35-26(40)17(5-4-11-36-28(33)34)21(25(32)39)27(41)42/h6-8,17,20-21,24,44H,4-5,9-15H2,1-3H3,(H2,32,39)(H,35,40)(H,41,42)(H4,33,34,36)/t17-,20+,21?,24-,30-,31+/m0/s1. The average molecular weight is 658 g/mol. The molecule has 5 rings (SSSR count). The van der Waals surface area contributed by atoms with Crippen molar-refractivity contribution in [3.05, 3.63) is 35.1 Å². The number of aliphatic imine (C=N–C) groups is 1. The van der Waals surface area contributed by atoms with Gasteiger partial charge in [-0.1, -0.05) is 6.07 Å². The van der Waals surface area contributed by atoms with Crippen LogP contribution in [-0.2, 0) is 31.0 Å². The second-order valence-corrected chi connectivity index (χ2v) is 12.6. The lowest BCUT2D eigenvalue weighted by atomic mass is 9.50. The first-order valence-electron chi connectivity index (χ1n) is 15.5. The maximum atomic E-state index is 13.3. The SMILES string of the molecule is COc1ccc2c3c1O[C@H]1C(OC(=O)N(C)CCNC(=O)[C@@H](CCCN=C(N)N)C(C(N)=O)C(=O)O)=CC[C@@]4(O)[C@@H](C2)N(C)CC[C@]314. The van der Waals surface area contributed by atoms with Crippen molar-refractivity contribution >= 4 is 29.8 Å². The van der Waals surface area contributed by atoms with E-state index in [2.05, 4.69) is 15.2 Å². The molecule has 16 nitrogen and oxygen atoms in total. The number of guanidine groups is 1. The largest absolute Gasteiger partial charge is 0.493 e. The molecule has 1 aromatic rings. The Morgan fingerprint density at radius 1 is 1.26 bits per heavy atom. The van der Waals surface area contributed by atoms with E-state index in [1.807, 2.05) is 19.2 Å². The number of benzene rings is 1. The molecule has 4 aliphatic rings. The van der Waals surface area contributed by atoms with Crippen LogP contribution in [0, 0.1) is 11.8 Å². The average Bonchev–Trinajstić information content (AvgIpc) is 3.37. The van der Waals surface area contributed by atoms with E-state index < -0.39 is 52.8 Å². The number of nitrogens with two attached hydrogens (primary N) is 3. The number of ether oxygens (including phenoxy) is 3. The topological polar surface area (TPSA) is 245 Å². The molecule has 1 saturated heterocycles. The smallest absolute Gasteiger partial charge is 0.414 e. The third-order valence-electron chi connectivity index (χ3n) is 10.1. The fraction of sp³-hybridized carbons (Fsp3) is 0.581. The van der Waals surface area contributed by atoms with Crippen LogP contribution in [-0.4, -0.2) is 115 Å². The van der Waals surface area contributed by atoms with Crippen LogP contribution in [0.15, 0.2) is 29.0 Å². The summed E-state index contributed by atoms with van der Waals surface area (Å²) in [6.07, 6.45) is 1.94. The molecule has 47 heavy (non-hydrogen) atoms. The molecule has 256 valence electrons. The molecule has 1 aromatic carbocycles. The van der Waals surface area contributed by atoms with Gasteiger partial charge >= 0.3 is 12.1 Å². The second kappa shape index (κ2) is 12.9. The Morgan fingerprint density at radius 2 is 2.00 bits per heavy atom. The van der Waals surface area contributed by atoms with E-state index in [4.69, 9.17) is 31.4 Å². The summed E-state index contributed by atoms with van der Waals surface area (Å²) in [4.78, 5) is 57.3. The Hall–Kier alpha value is -4.57. The van der Waals surface area contributed by atoms with Crippen LogP contribution < -0.4 is 32.0 Å². The predicted molar refractivity (Wildman–Crippen MR) is 167 cm³/mol. The number of carbonyl (C=O) groups is 4. The van der Waals surface area contributed by atoms with Gasteiger partial charge in [0.1, 0.15) is 11.7 Å². The molecule has 2 aliphatic heterocycles. The summed E-state index contributed by atoms with van der Waals surface area (Å²) >= 11 is 0. The molecule has 6 atom stereocenters. The molecule has 1 unspecified atom stereocenters. The maximum absolute atomic E-state index is 13.3. The van der Waals surface area contributed by atoms with E-state index in [1.165, 1.54) is 11.9 Å². The Morgan fingerprint density at radius 3 is 2.66 bits per heavy atom. The van der Waals surface area contributed by atoms with Gasteiger partial charge in [0, 0.05) is 44.7 Å². The number of methoxy groups -OCH3 is 1. The number of hydrogen-bond acceptors (Lipinski definition) is 10. The zero-order valence-corrected chi connectivity index (χ0v) is 26.7. The molecule has 2 heterocycles. The normalized spacial score (nSPS) is 26.4. The zero-order valence-electron chi connectivity index (χ0n) is 26.7. The van der Waals surface area contributed by atoms with E-state index in [9.17, 15) is 29.4 Å². The summed E-state index contributed by atoms with van der Waals surface area (Å²) in [5, 5.41) is 24.5. The number of primary amides is 1. The Labute approximate surface area is 271 Å². The van der Waals surface area contributed by atoms with Crippen molar-refractivity contribution in [1.82, 2.24) is 15.1 Å². The van der Waals surface area contributed by atoms with Gasteiger partial charge in [0.2, 0.25) is 11.8 Å². The van der Waals surface area contributed by atoms with Crippen LogP contribution in [0.4, 0.5) is 4.79 Å². The van der Waals surface area contributed by atoms with E-state index in [1.54, 1.807) is 13.2 Å². The highest BCUT2D eigenvalue weighted by Gasteiger charge is 2.72. The minimum absolute atomic E-state index is 0.00144. The minimum atomic E-state index is -1.76. The van der Waals surface area contributed by atoms with E-state index in [-0.39, 0.29) is 56.7 Å². The molecule has 1 spiro atoms. The number of carbonyl (C=O) groups excluding carboxylic acids is 3. The second-order valence-electron chi connectivity index (χ2n) is 12.6. The van der Waals surface area contributed by atoms with Gasteiger partial charge in [-0.15, -0.1) is 0 Å². The number of nitrogens with zero attached hydrogens (tertiary/aromatic N) is 3. The molecule has 3 amide bonds. The quantitative estimate of drug-likeness (QED) is 0.0648. The van der Waals surface area contributed by atoms with Crippen molar-refractivity contribution in [3.8, 4) is 11.5 Å². The summed E-state index contributed by atoms with van der Waals surface area (Å²) in [7, 11) is 5.05. The fourth-order valence-electron chi connectivity index (χ4n) is 7.80. The first-order valence-corrected chi connectivity index (χ1v) is 15.5. The van der Waals surface area contributed by atoms with Crippen LogP contribution >= 0.6 is 0 Å². The lowest BCUT2D eigenvalue weighted by molar-refractivity contribution is -0.163. The predicted octanol–water partition coefficient (Wildman–Crippen LogP) is -0.987. The fourth-order valence-corrected chi connectivity index (χ4v) is 7.80. The number of nitrogens with one attached hydrogen (secondary N) is 1. The van der Waals surface area contributed by atoms with Crippen molar-refractivity contribution in [3.63, 3.8) is 0 Å². The number of likely N-dealkylation sites (tertiary alicyclic amines) is 1. The summed E-state index contributed by atoms with van der Waals surface area (Å²) in [6.45, 7) is 0.778. The lowest BCUT2D eigenvalue weighted by Gasteiger charge is -2.61. The number of carboxylic acid groups (broad SMARTS) is 1. The molecule has 0 saturated carbocycles. The first-order chi connectivity index (χ1) is 22.3. The summed E-state index contributed by atoms with van der Waals surface area (Å²) in [5.41, 5.74) is 15.9. The summed E-state index contributed by atoms with van der Waals surface area (Å²) < 4.78 is 18.0. The highest BCUT2D eigenvalue weighted by Crippen LogP contribution is 2.65. The van der Waals surface area contributed by atoms with E-state index >= 15 is 0 Å². The molecule has 0 aromatic heterocycles. The van der Waals surface area contributed by atoms with Crippen LogP contribution in [0.5, 0.6) is 11.5 Å². The highest BCUT2D eigenvalue weighted by atomic mass is 16.6. The van der Waals surface area contributed by atoms with Crippen molar-refractivity contribution < 1.29 is 43.6 Å². The molecule has 2 bridgehead atoms. The number of piperidine rings is 1. The molecule has 9 N–H and O–H groups in total. The first kappa shape index (κ1) is 33.8. The highest BCUT2D eigenvalue weighted by molar-refractivity contribution is 6.00. The minimum Gasteiger partial charge on any atom is -0.493 e. The van der Waals surface area contributed by atoms with Gasteiger partial charge in [-0.2, -0.15) is 0 Å². The van der Waals surface area contributed by atoms with Gasteiger partial charge < -0.3 is 56.7 Å². The monoisotopic (exact) mass is 657 g/mol. The molecule has 0 radical (unpaired) electrons. The number of amides is 3. The Balaban J connectivity index is 1.27. The van der Waals surface area contributed by atoms with Gasteiger partial charge in [-0.3, -0.25) is 19.4 Å². The molecule has 2 aliphatic carbocycles. The van der Waals surface area contributed by atoms with Gasteiger partial charge in [-0.25, -0.2) is 4.79 Å². The van der Waals surface area contributed by atoms with Crippen LogP contribution in [0.3, 0.4) is 0 Å². The van der Waals surface area contributed by atoms with E-state index in [0.717, 1.165) is 17.7 Å². The number of rotatable bonds is 13. The number of hydrogen-bond donors (Lipinski definition) is 6. The van der Waals surface area contributed by atoms with Gasteiger partial charge in [0.15, 0.2) is 23.6 Å². The Kier molecular flexibility index (Phi) is 9.28. The van der Waals surface area contributed by atoms with Crippen molar-refractivity contribution in [2.75, 3.05) is 47.4 Å². The Bertz CT molecular complexity index is 1500. The zero-order chi connectivity index (χ0) is 34.3. The van der Waals surface area contributed by atoms with Gasteiger partial charge in [-0.05, 0) is 57.0 Å². The maximum Gasteiger partial charge on any atom is 0.414 e. The van der Waals surface area contributed by atoms with Crippen LogP contribution in [0.2, 0.25) is 0 Å².